The van der Waals surface area contributed by atoms with Gasteiger partial charge in [0.1, 0.15) is 6.61 Å². The highest BCUT2D eigenvalue weighted by atomic mass is 16.5. The van der Waals surface area contributed by atoms with Crippen LogP contribution >= 0.6 is 0 Å². The van der Waals surface area contributed by atoms with Gasteiger partial charge < -0.3 is 15.6 Å². The van der Waals surface area contributed by atoms with Crippen LogP contribution < -0.4 is 5.73 Å². The highest BCUT2D eigenvalue weighted by Gasteiger charge is 2.07. The number of carbonyl (C=O) groups excluding carboxylic acids is 1. The van der Waals surface area contributed by atoms with E-state index in [1.807, 2.05) is 30.3 Å². The van der Waals surface area contributed by atoms with Crippen molar-refractivity contribution in [3.05, 3.63) is 47.9 Å². The highest BCUT2D eigenvalue weighted by molar-refractivity contribution is 5.85. The van der Waals surface area contributed by atoms with Crippen LogP contribution in [0.5, 0.6) is 0 Å². The molecule has 0 saturated heterocycles. The average Bonchev–Trinajstić information content (AvgIpc) is 2.26. The van der Waals surface area contributed by atoms with Crippen molar-refractivity contribution < 1.29 is 14.6 Å². The lowest BCUT2D eigenvalue weighted by Crippen LogP contribution is -2.08. The monoisotopic (exact) mass is 193 g/mol. The smallest absolute Gasteiger partial charge is 0.375 e. The Labute approximate surface area is 81.6 Å². The number of nitrogens with two attached hydrogens (primary N) is 1. The molecule has 0 unspecified atom stereocenters. The molecule has 4 heteroatoms. The van der Waals surface area contributed by atoms with E-state index in [2.05, 4.69) is 0 Å². The predicted octanol–water partition coefficient (Wildman–Crippen LogP) is 1.09. The number of rotatable bonds is 3. The largest absolute Gasteiger partial charge is 0.501 e. The molecule has 1 rings (SSSR count). The number of hydrogen-bond acceptors (Lipinski definition) is 4. The van der Waals surface area contributed by atoms with Gasteiger partial charge in [0.2, 0.25) is 5.76 Å². The van der Waals surface area contributed by atoms with Crippen molar-refractivity contribution in [3.63, 3.8) is 0 Å². The second-order valence-electron chi connectivity index (χ2n) is 2.61. The summed E-state index contributed by atoms with van der Waals surface area (Å²) >= 11 is 0. The fourth-order valence-electron chi connectivity index (χ4n) is 0.865. The maximum atomic E-state index is 10.9. The van der Waals surface area contributed by atoms with Crippen LogP contribution in [0.4, 0.5) is 0 Å². The van der Waals surface area contributed by atoms with Gasteiger partial charge >= 0.3 is 5.97 Å². The fourth-order valence-corrected chi connectivity index (χ4v) is 0.865. The molecule has 0 fully saturated rings. The summed E-state index contributed by atoms with van der Waals surface area (Å²) in [7, 11) is 0. The summed E-state index contributed by atoms with van der Waals surface area (Å²) in [4.78, 5) is 10.9. The molecule has 3 N–H and O–H groups in total. The highest BCUT2D eigenvalue weighted by Crippen LogP contribution is 2.02. The first-order valence-electron chi connectivity index (χ1n) is 4.06. The summed E-state index contributed by atoms with van der Waals surface area (Å²) in [6.07, 6.45) is 0.799. The number of aliphatic hydroxyl groups excluding tert-OH is 1. The van der Waals surface area contributed by atoms with Gasteiger partial charge in [-0.25, -0.2) is 4.79 Å². The number of hydrogen-bond donors (Lipinski definition) is 2. The summed E-state index contributed by atoms with van der Waals surface area (Å²) in [5, 5.41) is 8.87. The molecule has 0 heterocycles. The molecule has 0 aliphatic rings. The van der Waals surface area contributed by atoms with E-state index >= 15 is 0 Å². The molecule has 0 amide bonds. The molecule has 0 saturated carbocycles. The SMILES string of the molecule is NC=C(O)C(=O)OCc1ccccc1. The molecule has 0 aliphatic carbocycles. The van der Waals surface area contributed by atoms with Crippen molar-refractivity contribution in [2.75, 3.05) is 0 Å². The van der Waals surface area contributed by atoms with Gasteiger partial charge in [0.25, 0.3) is 0 Å². The Kier molecular flexibility index (Phi) is 3.55. The quantitative estimate of drug-likeness (QED) is 0.428. The molecular weight excluding hydrogens is 182 g/mol. The molecule has 4 nitrogen and oxygen atoms in total. The number of esters is 1. The average molecular weight is 193 g/mol. The van der Waals surface area contributed by atoms with Gasteiger partial charge in [-0.3, -0.25) is 0 Å². The van der Waals surface area contributed by atoms with Crippen LogP contribution in [0.25, 0.3) is 0 Å². The Morgan fingerprint density at radius 1 is 1.43 bits per heavy atom. The van der Waals surface area contributed by atoms with Gasteiger partial charge in [-0.15, -0.1) is 0 Å². The number of aliphatic hydroxyl groups is 1. The summed E-state index contributed by atoms with van der Waals surface area (Å²) < 4.78 is 4.74. The zero-order valence-electron chi connectivity index (χ0n) is 7.51. The molecule has 1 aromatic carbocycles. The number of carbonyl (C=O) groups is 1. The minimum atomic E-state index is -0.823. The minimum Gasteiger partial charge on any atom is -0.501 e. The standard InChI is InChI=1S/C10H11NO3/c11-6-9(12)10(13)14-7-8-4-2-1-3-5-8/h1-6,12H,7,11H2. The third-order valence-electron chi connectivity index (χ3n) is 1.58. The summed E-state index contributed by atoms with van der Waals surface area (Å²) in [5.41, 5.74) is 5.78. The molecule has 0 aromatic heterocycles. The van der Waals surface area contributed by atoms with E-state index in [0.29, 0.717) is 0 Å². The van der Waals surface area contributed by atoms with Crippen molar-refractivity contribution in [1.82, 2.24) is 0 Å². The number of benzene rings is 1. The van der Waals surface area contributed by atoms with Crippen LogP contribution in [0.1, 0.15) is 5.56 Å². The van der Waals surface area contributed by atoms with E-state index in [-0.39, 0.29) is 6.61 Å². The molecule has 0 aliphatic heterocycles. The van der Waals surface area contributed by atoms with Crippen LogP contribution in [0.15, 0.2) is 42.3 Å². The van der Waals surface area contributed by atoms with Gasteiger partial charge in [-0.1, -0.05) is 30.3 Å². The molecule has 74 valence electrons. The maximum absolute atomic E-state index is 10.9. The van der Waals surface area contributed by atoms with E-state index in [9.17, 15) is 4.79 Å². The number of ether oxygens (including phenoxy) is 1. The van der Waals surface area contributed by atoms with Gasteiger partial charge in [0.15, 0.2) is 0 Å². The van der Waals surface area contributed by atoms with E-state index in [4.69, 9.17) is 15.6 Å². The normalized spacial score (nSPS) is 11.0. The Morgan fingerprint density at radius 2 is 2.07 bits per heavy atom. The Balaban J connectivity index is 2.46. The molecule has 0 atom stereocenters. The van der Waals surface area contributed by atoms with Crippen LogP contribution in [-0.4, -0.2) is 11.1 Å². The molecular formula is C10H11NO3. The first-order chi connectivity index (χ1) is 6.74. The molecule has 0 radical (unpaired) electrons. The molecule has 1 aromatic rings. The topological polar surface area (TPSA) is 72.5 Å². The Bertz CT molecular complexity index is 332. The van der Waals surface area contributed by atoms with Crippen molar-refractivity contribution >= 4 is 5.97 Å². The lowest BCUT2D eigenvalue weighted by Gasteiger charge is -2.03. The summed E-state index contributed by atoms with van der Waals surface area (Å²) in [6, 6.07) is 9.17. The van der Waals surface area contributed by atoms with E-state index in [1.165, 1.54) is 0 Å². The lowest BCUT2D eigenvalue weighted by atomic mass is 10.2. The third kappa shape index (κ3) is 2.82. The van der Waals surface area contributed by atoms with Gasteiger partial charge in [-0.05, 0) is 5.56 Å². The molecule has 0 bridgehead atoms. The van der Waals surface area contributed by atoms with E-state index in [0.717, 1.165) is 11.8 Å². The second-order valence-corrected chi connectivity index (χ2v) is 2.61. The Morgan fingerprint density at radius 3 is 2.64 bits per heavy atom. The summed E-state index contributed by atoms with van der Waals surface area (Å²) in [6.45, 7) is 0.123. The van der Waals surface area contributed by atoms with E-state index < -0.39 is 11.7 Å². The first-order valence-corrected chi connectivity index (χ1v) is 4.06. The van der Waals surface area contributed by atoms with Gasteiger partial charge in [0.05, 0.1) is 0 Å². The maximum Gasteiger partial charge on any atom is 0.375 e. The van der Waals surface area contributed by atoms with Crippen LogP contribution in [-0.2, 0) is 16.1 Å². The second kappa shape index (κ2) is 4.91. The van der Waals surface area contributed by atoms with Crippen molar-refractivity contribution in [3.8, 4) is 0 Å². The van der Waals surface area contributed by atoms with Crippen molar-refractivity contribution in [1.29, 1.82) is 0 Å². The van der Waals surface area contributed by atoms with Crippen LogP contribution in [0.2, 0.25) is 0 Å². The molecule has 14 heavy (non-hydrogen) atoms. The first kappa shape index (κ1) is 10.1. The zero-order chi connectivity index (χ0) is 10.4. The summed E-state index contributed by atoms with van der Waals surface area (Å²) in [5.74, 6) is -1.41. The molecule has 0 spiro atoms. The van der Waals surface area contributed by atoms with E-state index in [1.54, 1.807) is 0 Å². The van der Waals surface area contributed by atoms with Gasteiger partial charge in [0, 0.05) is 6.20 Å². The van der Waals surface area contributed by atoms with Crippen molar-refractivity contribution in [2.45, 2.75) is 6.61 Å². The predicted molar refractivity (Wildman–Crippen MR) is 51.1 cm³/mol. The minimum absolute atomic E-state index is 0.123. The van der Waals surface area contributed by atoms with Gasteiger partial charge in [-0.2, -0.15) is 0 Å². The zero-order valence-corrected chi connectivity index (χ0v) is 7.51. The van der Waals surface area contributed by atoms with Crippen LogP contribution in [0.3, 0.4) is 0 Å². The fraction of sp³-hybridized carbons (Fsp3) is 0.100. The lowest BCUT2D eigenvalue weighted by molar-refractivity contribution is -0.143. The third-order valence-corrected chi connectivity index (χ3v) is 1.58. The van der Waals surface area contributed by atoms with Crippen molar-refractivity contribution in [2.24, 2.45) is 5.73 Å². The Hall–Kier alpha value is -1.97. The van der Waals surface area contributed by atoms with Crippen LogP contribution in [0, 0.1) is 0 Å².